The molecule has 0 aliphatic carbocycles. The fraction of sp³-hybridized carbons (Fsp3) is 0.368. The second-order valence-electron chi connectivity index (χ2n) is 6.92. The summed E-state index contributed by atoms with van der Waals surface area (Å²) in [6, 6.07) is 8.80. The maximum Gasteiger partial charge on any atom is 0.268 e. The van der Waals surface area contributed by atoms with Crippen LogP contribution in [0.3, 0.4) is 0 Å². The van der Waals surface area contributed by atoms with Gasteiger partial charge in [-0.05, 0) is 57.0 Å². The fourth-order valence-corrected chi connectivity index (χ4v) is 6.73. The number of nitrogens with zero attached hydrogens (tertiary/aromatic N) is 3. The van der Waals surface area contributed by atoms with Crippen molar-refractivity contribution >= 4 is 33.0 Å². The van der Waals surface area contributed by atoms with E-state index >= 15 is 0 Å². The van der Waals surface area contributed by atoms with Gasteiger partial charge in [-0.1, -0.05) is 23.2 Å². The Balaban J connectivity index is 1.66. The third-order valence-electron chi connectivity index (χ3n) is 4.94. The van der Waals surface area contributed by atoms with Crippen LogP contribution in [0.5, 0.6) is 0 Å². The molecule has 1 fully saturated rings. The van der Waals surface area contributed by atoms with Gasteiger partial charge in [0.2, 0.25) is 15.8 Å². The van der Waals surface area contributed by atoms with Gasteiger partial charge in [-0.15, -0.1) is 11.3 Å². The van der Waals surface area contributed by atoms with E-state index in [4.69, 9.17) is 16.1 Å². The van der Waals surface area contributed by atoms with Crippen molar-refractivity contribution in [2.24, 2.45) is 0 Å². The number of sulfonamides is 1. The summed E-state index contributed by atoms with van der Waals surface area (Å²) in [5.74, 6) is 0.748. The van der Waals surface area contributed by atoms with Crippen LogP contribution >= 0.6 is 22.9 Å². The Morgan fingerprint density at radius 2 is 2.00 bits per heavy atom. The topological polar surface area (TPSA) is 76.3 Å². The van der Waals surface area contributed by atoms with Gasteiger partial charge in [0.1, 0.15) is 0 Å². The minimum atomic E-state index is -3.54. The molecular formula is C19H20ClN3O3S2. The first kappa shape index (κ1) is 19.6. The molecule has 1 aliphatic rings. The summed E-state index contributed by atoms with van der Waals surface area (Å²) >= 11 is 7.26. The molecule has 148 valence electrons. The molecule has 0 spiro atoms. The summed E-state index contributed by atoms with van der Waals surface area (Å²) in [5, 5.41) is 4.64. The van der Waals surface area contributed by atoms with Gasteiger partial charge in [0.15, 0.2) is 0 Å². The van der Waals surface area contributed by atoms with E-state index in [2.05, 4.69) is 10.1 Å². The molecule has 28 heavy (non-hydrogen) atoms. The Labute approximate surface area is 173 Å². The maximum atomic E-state index is 13.2. The van der Waals surface area contributed by atoms with Crippen LogP contribution in [0.1, 0.15) is 31.1 Å². The molecule has 4 rings (SSSR count). The van der Waals surface area contributed by atoms with E-state index in [1.807, 2.05) is 26.0 Å². The summed E-state index contributed by atoms with van der Waals surface area (Å²) in [5.41, 5.74) is 0.780. The van der Waals surface area contributed by atoms with Gasteiger partial charge >= 0.3 is 0 Å². The van der Waals surface area contributed by atoms with Crippen LogP contribution in [-0.4, -0.2) is 35.5 Å². The number of rotatable bonds is 4. The molecule has 3 heterocycles. The Bertz CT molecular complexity index is 1090. The molecule has 2 aromatic heterocycles. The van der Waals surface area contributed by atoms with E-state index in [1.54, 1.807) is 22.5 Å². The van der Waals surface area contributed by atoms with Gasteiger partial charge in [-0.3, -0.25) is 0 Å². The average Bonchev–Trinajstić information content (AvgIpc) is 3.30. The van der Waals surface area contributed by atoms with Gasteiger partial charge in [0.25, 0.3) is 5.89 Å². The molecule has 1 saturated heterocycles. The van der Waals surface area contributed by atoms with E-state index in [9.17, 15) is 8.42 Å². The molecule has 6 nitrogen and oxygen atoms in total. The van der Waals surface area contributed by atoms with Crippen molar-refractivity contribution in [1.82, 2.24) is 14.4 Å². The van der Waals surface area contributed by atoms with Gasteiger partial charge in [0.05, 0.1) is 9.77 Å². The molecule has 0 radical (unpaired) electrons. The Morgan fingerprint density at radius 1 is 1.25 bits per heavy atom. The number of hydrogen-bond acceptors (Lipinski definition) is 6. The second-order valence-corrected chi connectivity index (χ2v) is 10.5. The molecule has 0 bridgehead atoms. The van der Waals surface area contributed by atoms with Crippen molar-refractivity contribution < 1.29 is 12.9 Å². The van der Waals surface area contributed by atoms with Gasteiger partial charge in [-0.2, -0.15) is 9.29 Å². The number of aromatic nitrogens is 2. The molecule has 0 unspecified atom stereocenters. The first-order chi connectivity index (χ1) is 13.4. The zero-order chi connectivity index (χ0) is 19.9. The van der Waals surface area contributed by atoms with E-state index in [1.165, 1.54) is 11.3 Å². The normalized spacial score (nSPS) is 18.5. The predicted molar refractivity (Wildman–Crippen MR) is 110 cm³/mol. The van der Waals surface area contributed by atoms with Crippen molar-refractivity contribution in [3.05, 3.63) is 40.2 Å². The lowest BCUT2D eigenvalue weighted by Gasteiger charge is -2.32. The molecule has 9 heteroatoms. The molecule has 1 aromatic carbocycles. The van der Waals surface area contributed by atoms with Crippen LogP contribution in [0.2, 0.25) is 5.02 Å². The minimum absolute atomic E-state index is 0.0152. The SMILES string of the molecule is Cc1sc(-c2nc(-c3ccc(Cl)cc3)no2)cc1S(=O)(=O)N1CCCC[C@H]1C. The zero-order valence-electron chi connectivity index (χ0n) is 15.6. The highest BCUT2D eigenvalue weighted by molar-refractivity contribution is 7.89. The Morgan fingerprint density at radius 3 is 2.71 bits per heavy atom. The third kappa shape index (κ3) is 3.61. The summed E-state index contributed by atoms with van der Waals surface area (Å²) in [7, 11) is -3.54. The lowest BCUT2D eigenvalue weighted by atomic mass is 10.1. The van der Waals surface area contributed by atoms with Crippen LogP contribution < -0.4 is 0 Å². The van der Waals surface area contributed by atoms with E-state index in [0.717, 1.165) is 29.7 Å². The predicted octanol–water partition coefficient (Wildman–Crippen LogP) is 4.99. The number of thiophene rings is 1. The largest absolute Gasteiger partial charge is 0.333 e. The van der Waals surface area contributed by atoms with Crippen molar-refractivity contribution in [2.75, 3.05) is 6.54 Å². The van der Waals surface area contributed by atoms with Crippen molar-refractivity contribution in [3.8, 4) is 22.2 Å². The number of benzene rings is 1. The highest BCUT2D eigenvalue weighted by Crippen LogP contribution is 2.36. The van der Waals surface area contributed by atoms with Crippen molar-refractivity contribution in [2.45, 2.75) is 44.0 Å². The fourth-order valence-electron chi connectivity index (χ4n) is 3.42. The summed E-state index contributed by atoms with van der Waals surface area (Å²) in [6.07, 6.45) is 2.85. The van der Waals surface area contributed by atoms with Crippen LogP contribution in [-0.2, 0) is 10.0 Å². The molecule has 0 N–H and O–H groups in total. The lowest BCUT2D eigenvalue weighted by molar-refractivity contribution is 0.268. The number of piperidine rings is 1. The Kier molecular flexibility index (Phi) is 5.30. The molecule has 0 saturated carbocycles. The van der Waals surface area contributed by atoms with Crippen molar-refractivity contribution in [1.29, 1.82) is 0 Å². The minimum Gasteiger partial charge on any atom is -0.333 e. The van der Waals surface area contributed by atoms with E-state index in [-0.39, 0.29) is 6.04 Å². The van der Waals surface area contributed by atoms with Crippen LogP contribution in [0.4, 0.5) is 0 Å². The maximum absolute atomic E-state index is 13.2. The van der Waals surface area contributed by atoms with E-state index < -0.39 is 10.0 Å². The summed E-state index contributed by atoms with van der Waals surface area (Å²) in [4.78, 5) is 6.12. The second kappa shape index (κ2) is 7.59. The molecule has 3 aromatic rings. The lowest BCUT2D eigenvalue weighted by Crippen LogP contribution is -2.41. The van der Waals surface area contributed by atoms with Crippen LogP contribution in [0.25, 0.3) is 22.2 Å². The zero-order valence-corrected chi connectivity index (χ0v) is 17.9. The molecule has 1 atom stereocenters. The quantitative estimate of drug-likeness (QED) is 0.574. The first-order valence-corrected chi connectivity index (χ1v) is 11.7. The smallest absolute Gasteiger partial charge is 0.268 e. The molecule has 0 amide bonds. The van der Waals surface area contributed by atoms with Gasteiger partial charge in [0, 0.05) is 28.0 Å². The summed E-state index contributed by atoms with van der Waals surface area (Å²) < 4.78 is 33.4. The summed E-state index contributed by atoms with van der Waals surface area (Å²) in [6.45, 7) is 4.34. The standard InChI is InChI=1S/C19H20ClN3O3S2/c1-12-5-3-4-10-23(12)28(24,25)17-11-16(27-13(17)2)19-21-18(22-26-19)14-6-8-15(20)9-7-14/h6-9,11-12H,3-5,10H2,1-2H3/t12-/m1/s1. The monoisotopic (exact) mass is 437 g/mol. The highest BCUT2D eigenvalue weighted by Gasteiger charge is 2.33. The first-order valence-electron chi connectivity index (χ1n) is 9.08. The van der Waals surface area contributed by atoms with E-state index in [0.29, 0.717) is 33.1 Å². The molecular weight excluding hydrogens is 418 g/mol. The van der Waals surface area contributed by atoms with Crippen molar-refractivity contribution in [3.63, 3.8) is 0 Å². The number of aryl methyl sites for hydroxylation is 1. The molecule has 1 aliphatic heterocycles. The number of halogens is 1. The third-order valence-corrected chi connectivity index (χ3v) is 8.50. The van der Waals surface area contributed by atoms with Gasteiger partial charge in [-0.25, -0.2) is 8.42 Å². The van der Waals surface area contributed by atoms with Crippen LogP contribution in [0, 0.1) is 6.92 Å². The van der Waals surface area contributed by atoms with Gasteiger partial charge < -0.3 is 4.52 Å². The Hall–Kier alpha value is -1.74. The van der Waals surface area contributed by atoms with Crippen LogP contribution in [0.15, 0.2) is 39.8 Å². The highest BCUT2D eigenvalue weighted by atomic mass is 35.5. The number of hydrogen-bond donors (Lipinski definition) is 0. The average molecular weight is 438 g/mol.